The Morgan fingerprint density at radius 1 is 1.12 bits per heavy atom. The molecule has 172 valence electrons. The standard InChI is InChI=1S/C22H26N2O6S2/c1-2-30-22(27)24-20(26)19-16-10-6-11-17(16)31-21(19)23-18(25)12-7-13-32(28,29)14-15-8-4-3-5-9-15/h3-5,8-9H,2,6-7,10-14H2,1H3,(H,23,25)(H,24,26,27). The van der Waals surface area contributed by atoms with E-state index in [1.54, 1.807) is 31.2 Å². The van der Waals surface area contributed by atoms with Crippen LogP contribution in [0.25, 0.3) is 0 Å². The number of anilines is 1. The number of rotatable bonds is 9. The minimum atomic E-state index is -3.33. The summed E-state index contributed by atoms with van der Waals surface area (Å²) in [6.45, 7) is 1.77. The van der Waals surface area contributed by atoms with Crippen molar-refractivity contribution in [3.8, 4) is 0 Å². The molecule has 1 heterocycles. The number of aryl methyl sites for hydroxylation is 1. The fraction of sp³-hybridized carbons (Fsp3) is 0.409. The van der Waals surface area contributed by atoms with Crippen LogP contribution in [0, 0.1) is 0 Å². The van der Waals surface area contributed by atoms with E-state index in [1.807, 2.05) is 6.07 Å². The number of ether oxygens (including phenoxy) is 1. The van der Waals surface area contributed by atoms with E-state index >= 15 is 0 Å². The second-order valence-corrected chi connectivity index (χ2v) is 10.8. The number of sulfone groups is 1. The molecule has 0 saturated carbocycles. The van der Waals surface area contributed by atoms with Gasteiger partial charge in [0.1, 0.15) is 5.00 Å². The highest BCUT2D eigenvalue weighted by molar-refractivity contribution is 7.90. The molecule has 8 nitrogen and oxygen atoms in total. The van der Waals surface area contributed by atoms with E-state index in [4.69, 9.17) is 4.74 Å². The zero-order valence-electron chi connectivity index (χ0n) is 17.8. The summed E-state index contributed by atoms with van der Waals surface area (Å²) in [7, 11) is -3.33. The second kappa shape index (κ2) is 10.7. The number of hydrogen-bond donors (Lipinski definition) is 2. The quantitative estimate of drug-likeness (QED) is 0.570. The number of fused-ring (bicyclic) bond motifs is 1. The maximum absolute atomic E-state index is 12.6. The molecule has 1 aromatic heterocycles. The number of amides is 3. The van der Waals surface area contributed by atoms with E-state index in [0.29, 0.717) is 22.5 Å². The molecule has 0 atom stereocenters. The lowest BCUT2D eigenvalue weighted by atomic mass is 10.1. The SMILES string of the molecule is CCOC(=O)NC(=O)c1c(NC(=O)CCCS(=O)(=O)Cc2ccccc2)sc2c1CCC2. The average Bonchev–Trinajstić information content (AvgIpc) is 3.28. The lowest BCUT2D eigenvalue weighted by molar-refractivity contribution is -0.116. The lowest BCUT2D eigenvalue weighted by Crippen LogP contribution is -2.32. The number of imide groups is 1. The summed E-state index contributed by atoms with van der Waals surface area (Å²) in [4.78, 5) is 37.8. The zero-order valence-corrected chi connectivity index (χ0v) is 19.4. The summed E-state index contributed by atoms with van der Waals surface area (Å²) < 4.78 is 29.4. The summed E-state index contributed by atoms with van der Waals surface area (Å²) in [5.41, 5.74) is 1.85. The first-order valence-corrected chi connectivity index (χ1v) is 13.1. The Bertz CT molecular complexity index is 1090. The first-order valence-electron chi connectivity index (χ1n) is 10.5. The van der Waals surface area contributed by atoms with Gasteiger partial charge in [0.15, 0.2) is 9.84 Å². The maximum atomic E-state index is 12.6. The molecule has 1 aliphatic carbocycles. The number of benzene rings is 1. The summed E-state index contributed by atoms with van der Waals surface area (Å²) in [6, 6.07) is 8.90. The van der Waals surface area contributed by atoms with Gasteiger partial charge in [-0.1, -0.05) is 30.3 Å². The highest BCUT2D eigenvalue weighted by Crippen LogP contribution is 2.39. The topological polar surface area (TPSA) is 119 Å². The molecule has 2 N–H and O–H groups in total. The number of thiophene rings is 1. The molecule has 1 aliphatic rings. The van der Waals surface area contributed by atoms with Gasteiger partial charge in [0, 0.05) is 11.3 Å². The zero-order chi connectivity index (χ0) is 23.1. The van der Waals surface area contributed by atoms with Crippen LogP contribution in [0.2, 0.25) is 0 Å². The van der Waals surface area contributed by atoms with Gasteiger partial charge in [0.25, 0.3) is 5.91 Å². The Hall–Kier alpha value is -2.72. The van der Waals surface area contributed by atoms with E-state index in [0.717, 1.165) is 23.3 Å². The van der Waals surface area contributed by atoms with Crippen LogP contribution in [-0.4, -0.2) is 38.7 Å². The van der Waals surface area contributed by atoms with Crippen LogP contribution < -0.4 is 10.6 Å². The van der Waals surface area contributed by atoms with Crippen molar-refractivity contribution in [3.63, 3.8) is 0 Å². The molecule has 0 bridgehead atoms. The van der Waals surface area contributed by atoms with Gasteiger partial charge in [-0.2, -0.15) is 0 Å². The number of alkyl carbamates (subject to hydrolysis) is 1. The molecule has 0 unspecified atom stereocenters. The molecule has 1 aromatic carbocycles. The third-order valence-corrected chi connectivity index (χ3v) is 7.87. The van der Waals surface area contributed by atoms with Crippen molar-refractivity contribution < 1.29 is 27.5 Å². The number of hydrogen-bond acceptors (Lipinski definition) is 7. The van der Waals surface area contributed by atoms with Crippen molar-refractivity contribution in [2.45, 2.75) is 44.8 Å². The smallest absolute Gasteiger partial charge is 0.414 e. The van der Waals surface area contributed by atoms with Crippen molar-refractivity contribution in [2.24, 2.45) is 0 Å². The van der Waals surface area contributed by atoms with Crippen LogP contribution >= 0.6 is 11.3 Å². The predicted molar refractivity (Wildman–Crippen MR) is 123 cm³/mol. The minimum Gasteiger partial charge on any atom is -0.450 e. The molecular formula is C22H26N2O6S2. The molecule has 0 fully saturated rings. The Morgan fingerprint density at radius 2 is 1.88 bits per heavy atom. The summed E-state index contributed by atoms with van der Waals surface area (Å²) in [5.74, 6) is -1.15. The monoisotopic (exact) mass is 478 g/mol. The molecular weight excluding hydrogens is 452 g/mol. The number of carbonyl (C=O) groups is 3. The summed E-state index contributed by atoms with van der Waals surface area (Å²) in [6.07, 6.45) is 1.77. The Balaban J connectivity index is 1.59. The summed E-state index contributed by atoms with van der Waals surface area (Å²) >= 11 is 1.32. The first-order chi connectivity index (χ1) is 15.3. The molecule has 0 spiro atoms. The maximum Gasteiger partial charge on any atom is 0.414 e. The number of carbonyl (C=O) groups excluding carboxylic acids is 3. The van der Waals surface area contributed by atoms with Crippen LogP contribution in [0.15, 0.2) is 30.3 Å². The largest absolute Gasteiger partial charge is 0.450 e. The predicted octanol–water partition coefficient (Wildman–Crippen LogP) is 3.46. The van der Waals surface area contributed by atoms with Crippen molar-refractivity contribution in [1.29, 1.82) is 0 Å². The molecule has 3 amide bonds. The van der Waals surface area contributed by atoms with Gasteiger partial charge in [0.05, 0.1) is 23.7 Å². The van der Waals surface area contributed by atoms with E-state index in [-0.39, 0.29) is 36.9 Å². The van der Waals surface area contributed by atoms with Gasteiger partial charge in [0.2, 0.25) is 5.91 Å². The Labute approximate surface area is 191 Å². The van der Waals surface area contributed by atoms with Gasteiger partial charge in [-0.3, -0.25) is 14.9 Å². The molecule has 32 heavy (non-hydrogen) atoms. The van der Waals surface area contributed by atoms with Gasteiger partial charge in [-0.25, -0.2) is 13.2 Å². The van der Waals surface area contributed by atoms with Crippen LogP contribution in [0.1, 0.15) is 52.5 Å². The van der Waals surface area contributed by atoms with Crippen molar-refractivity contribution in [1.82, 2.24) is 5.32 Å². The van der Waals surface area contributed by atoms with Gasteiger partial charge < -0.3 is 10.1 Å². The van der Waals surface area contributed by atoms with Crippen molar-refractivity contribution >= 4 is 44.1 Å². The highest BCUT2D eigenvalue weighted by atomic mass is 32.2. The molecule has 3 rings (SSSR count). The van der Waals surface area contributed by atoms with Crippen LogP contribution in [-0.2, 0) is 38.0 Å². The van der Waals surface area contributed by atoms with Gasteiger partial charge in [-0.15, -0.1) is 11.3 Å². The second-order valence-electron chi connectivity index (χ2n) is 7.47. The van der Waals surface area contributed by atoms with Crippen molar-refractivity contribution in [3.05, 3.63) is 51.9 Å². The normalized spacial score (nSPS) is 12.8. The van der Waals surface area contributed by atoms with E-state index in [1.165, 1.54) is 11.3 Å². The Kier molecular flexibility index (Phi) is 8.03. The third-order valence-electron chi connectivity index (χ3n) is 4.98. The summed E-state index contributed by atoms with van der Waals surface area (Å²) in [5, 5.41) is 5.31. The lowest BCUT2D eigenvalue weighted by Gasteiger charge is -2.09. The fourth-order valence-electron chi connectivity index (χ4n) is 3.60. The van der Waals surface area contributed by atoms with Gasteiger partial charge in [-0.05, 0) is 43.7 Å². The van der Waals surface area contributed by atoms with E-state index in [2.05, 4.69) is 10.6 Å². The van der Waals surface area contributed by atoms with Crippen LogP contribution in [0.5, 0.6) is 0 Å². The molecule has 2 aromatic rings. The van der Waals surface area contributed by atoms with E-state index < -0.39 is 21.8 Å². The third kappa shape index (κ3) is 6.39. The minimum absolute atomic E-state index is 0.00945. The van der Waals surface area contributed by atoms with E-state index in [9.17, 15) is 22.8 Å². The molecule has 10 heteroatoms. The van der Waals surface area contributed by atoms with Gasteiger partial charge >= 0.3 is 6.09 Å². The number of nitrogens with one attached hydrogen (secondary N) is 2. The molecule has 0 saturated heterocycles. The van der Waals surface area contributed by atoms with Crippen molar-refractivity contribution in [2.75, 3.05) is 17.7 Å². The fourth-order valence-corrected chi connectivity index (χ4v) is 6.33. The molecule has 0 radical (unpaired) electrons. The average molecular weight is 479 g/mol. The Morgan fingerprint density at radius 3 is 2.59 bits per heavy atom. The first kappa shape index (κ1) is 23.9. The van der Waals surface area contributed by atoms with Crippen LogP contribution in [0.4, 0.5) is 9.80 Å². The molecule has 0 aliphatic heterocycles. The highest BCUT2D eigenvalue weighted by Gasteiger charge is 2.28. The van der Waals surface area contributed by atoms with Crippen LogP contribution in [0.3, 0.4) is 0 Å².